The number of carbonyl (C=O) groups excluding carboxylic acids is 2. The largest absolute Gasteiger partial charge is 0.481 e. The number of aliphatic carboxylic acids is 1. The van der Waals surface area contributed by atoms with Gasteiger partial charge in [0.25, 0.3) is 0 Å². The molecule has 0 bridgehead atoms. The molecule has 7 nitrogen and oxygen atoms in total. The van der Waals surface area contributed by atoms with Crippen LogP contribution < -0.4 is 0 Å². The lowest BCUT2D eigenvalue weighted by Crippen LogP contribution is -2.70. The molecule has 1 aliphatic heterocycles. The molecule has 1 aromatic rings. The number of ketones is 1. The van der Waals surface area contributed by atoms with Gasteiger partial charge in [-0.15, -0.1) is 0 Å². The van der Waals surface area contributed by atoms with Crippen LogP contribution in [0.25, 0.3) is 0 Å². The molecule has 144 valence electrons. The summed E-state index contributed by atoms with van der Waals surface area (Å²) in [6, 6.07) is 1.66. The molecule has 2 fully saturated rings. The second-order valence-electron chi connectivity index (χ2n) is 8.23. The number of allylic oxidation sites excluding steroid dienone is 1. The first-order valence-corrected chi connectivity index (χ1v) is 9.08. The van der Waals surface area contributed by atoms with E-state index >= 15 is 0 Å². The predicted molar refractivity (Wildman–Crippen MR) is 91.4 cm³/mol. The van der Waals surface area contributed by atoms with Gasteiger partial charge in [0, 0.05) is 12.0 Å². The number of furan rings is 1. The number of cyclic esters (lactones) is 1. The molecule has 5 atom stereocenters. The van der Waals surface area contributed by atoms with E-state index < -0.39 is 46.2 Å². The molecule has 0 amide bonds. The second-order valence-corrected chi connectivity index (χ2v) is 8.23. The van der Waals surface area contributed by atoms with E-state index in [9.17, 15) is 24.6 Å². The summed E-state index contributed by atoms with van der Waals surface area (Å²) >= 11 is 0. The van der Waals surface area contributed by atoms with Crippen LogP contribution in [-0.2, 0) is 19.1 Å². The molecule has 1 spiro atoms. The normalized spacial score (nSPS) is 41.2. The number of carbonyl (C=O) groups is 3. The van der Waals surface area contributed by atoms with Crippen molar-refractivity contribution in [3.8, 4) is 0 Å². The molecule has 2 N–H and O–H groups in total. The zero-order valence-electron chi connectivity index (χ0n) is 15.2. The van der Waals surface area contributed by atoms with Crippen LogP contribution in [0, 0.1) is 16.7 Å². The van der Waals surface area contributed by atoms with Gasteiger partial charge < -0.3 is 19.4 Å². The van der Waals surface area contributed by atoms with Crippen LogP contribution in [0.15, 0.2) is 34.7 Å². The molecular weight excluding hydrogens is 352 g/mol. The quantitative estimate of drug-likeness (QED) is 0.764. The molecule has 1 aromatic heterocycles. The van der Waals surface area contributed by atoms with Crippen molar-refractivity contribution < 1.29 is 33.8 Å². The third-order valence-electron chi connectivity index (χ3n) is 6.93. The van der Waals surface area contributed by atoms with Crippen molar-refractivity contribution in [3.63, 3.8) is 0 Å². The number of hydrogen-bond acceptors (Lipinski definition) is 6. The lowest BCUT2D eigenvalue weighted by Gasteiger charge is -2.60. The fraction of sp³-hybridized carbons (Fsp3) is 0.550. The Labute approximate surface area is 156 Å². The highest BCUT2D eigenvalue weighted by Gasteiger charge is 2.74. The number of ether oxygens (including phenoxy) is 1. The molecular formula is C20H22O7. The third-order valence-corrected chi connectivity index (χ3v) is 6.93. The van der Waals surface area contributed by atoms with Gasteiger partial charge in [-0.25, -0.2) is 0 Å². The smallest absolute Gasteiger partial charge is 0.316 e. The number of hydrogen-bond donors (Lipinski definition) is 2. The van der Waals surface area contributed by atoms with Gasteiger partial charge in [0.15, 0.2) is 5.78 Å². The zero-order valence-corrected chi connectivity index (χ0v) is 15.2. The summed E-state index contributed by atoms with van der Waals surface area (Å²) in [5.74, 6) is -3.44. The Morgan fingerprint density at radius 1 is 1.30 bits per heavy atom. The number of rotatable bonds is 2. The van der Waals surface area contributed by atoms with Gasteiger partial charge in [0.05, 0.1) is 23.9 Å². The highest BCUT2D eigenvalue weighted by atomic mass is 16.6. The monoisotopic (exact) mass is 374 g/mol. The highest BCUT2D eigenvalue weighted by Crippen LogP contribution is 2.64. The Kier molecular flexibility index (Phi) is 3.69. The number of carboxylic acids is 1. The van der Waals surface area contributed by atoms with E-state index in [1.54, 1.807) is 13.0 Å². The molecule has 0 radical (unpaired) electrons. The first kappa shape index (κ1) is 18.0. The van der Waals surface area contributed by atoms with Gasteiger partial charge in [-0.1, -0.05) is 6.42 Å². The third kappa shape index (κ3) is 2.09. The average Bonchev–Trinajstić information content (AvgIpc) is 3.12. The molecule has 0 aromatic carbocycles. The number of esters is 1. The summed E-state index contributed by atoms with van der Waals surface area (Å²) in [4.78, 5) is 38.3. The molecule has 7 heteroatoms. The van der Waals surface area contributed by atoms with E-state index in [0.717, 1.165) is 0 Å². The van der Waals surface area contributed by atoms with E-state index in [-0.39, 0.29) is 19.3 Å². The topological polar surface area (TPSA) is 114 Å². The highest BCUT2D eigenvalue weighted by molar-refractivity contribution is 6.03. The maximum absolute atomic E-state index is 13.3. The molecule has 5 unspecified atom stereocenters. The van der Waals surface area contributed by atoms with Crippen molar-refractivity contribution in [2.24, 2.45) is 16.7 Å². The molecule has 1 saturated heterocycles. The zero-order chi connectivity index (χ0) is 19.6. The van der Waals surface area contributed by atoms with Crippen molar-refractivity contribution in [2.45, 2.75) is 51.2 Å². The summed E-state index contributed by atoms with van der Waals surface area (Å²) in [6.45, 7) is 3.11. The van der Waals surface area contributed by atoms with E-state index in [4.69, 9.17) is 9.15 Å². The SMILES string of the molecule is CC1=CC(=O)C2C(C)(C(=O)O)CCCC23C(=O)OC(c2ccoc2)CC13O. The van der Waals surface area contributed by atoms with E-state index in [1.165, 1.54) is 25.5 Å². The summed E-state index contributed by atoms with van der Waals surface area (Å²) in [7, 11) is 0. The van der Waals surface area contributed by atoms with E-state index in [0.29, 0.717) is 17.6 Å². The van der Waals surface area contributed by atoms with Crippen LogP contribution in [0.3, 0.4) is 0 Å². The Bertz CT molecular complexity index is 854. The van der Waals surface area contributed by atoms with E-state index in [2.05, 4.69) is 0 Å². The minimum atomic E-state index is -1.65. The Balaban J connectivity index is 1.91. The van der Waals surface area contributed by atoms with Gasteiger partial charge >= 0.3 is 11.9 Å². The van der Waals surface area contributed by atoms with Crippen LogP contribution in [-0.4, -0.2) is 33.5 Å². The van der Waals surface area contributed by atoms with Gasteiger partial charge in [-0.2, -0.15) is 0 Å². The summed E-state index contributed by atoms with van der Waals surface area (Å²) in [5.41, 5.74) is -3.69. The standard InChI is InChI=1S/C20H22O7/c1-11-8-13(21)15-18(2,16(22)23)5-3-6-19(15)17(24)27-14(9-20(11,19)25)12-4-7-26-10-12/h4,7-8,10,14-15,25H,3,5-6,9H2,1-2H3,(H,22,23). The average molecular weight is 374 g/mol. The van der Waals surface area contributed by atoms with Crippen molar-refractivity contribution in [2.75, 3.05) is 0 Å². The number of aliphatic hydroxyl groups is 1. The van der Waals surface area contributed by atoms with Crippen LogP contribution in [0.5, 0.6) is 0 Å². The van der Waals surface area contributed by atoms with Gasteiger partial charge in [0.2, 0.25) is 0 Å². The second kappa shape index (κ2) is 5.55. The minimum Gasteiger partial charge on any atom is -0.481 e. The molecule has 27 heavy (non-hydrogen) atoms. The number of carboxylic acid groups (broad SMARTS) is 1. The van der Waals surface area contributed by atoms with Crippen LogP contribution in [0.4, 0.5) is 0 Å². The Morgan fingerprint density at radius 2 is 2.04 bits per heavy atom. The molecule has 4 rings (SSSR count). The molecule has 2 heterocycles. The van der Waals surface area contributed by atoms with Crippen molar-refractivity contribution in [1.29, 1.82) is 0 Å². The minimum absolute atomic E-state index is 0.0556. The molecule has 1 saturated carbocycles. The van der Waals surface area contributed by atoms with Crippen LogP contribution >= 0.6 is 0 Å². The lowest BCUT2D eigenvalue weighted by molar-refractivity contribution is -0.231. The Morgan fingerprint density at radius 3 is 2.67 bits per heavy atom. The summed E-state index contributed by atoms with van der Waals surface area (Å²) < 4.78 is 10.7. The van der Waals surface area contributed by atoms with Crippen LogP contribution in [0.2, 0.25) is 0 Å². The fourth-order valence-corrected chi connectivity index (χ4v) is 5.49. The van der Waals surface area contributed by atoms with Gasteiger partial charge in [-0.05, 0) is 44.4 Å². The first-order valence-electron chi connectivity index (χ1n) is 9.08. The van der Waals surface area contributed by atoms with Crippen LogP contribution in [0.1, 0.15) is 51.2 Å². The Hall–Kier alpha value is -2.41. The van der Waals surface area contributed by atoms with Gasteiger partial charge in [-0.3, -0.25) is 14.4 Å². The molecule has 3 aliphatic rings. The van der Waals surface area contributed by atoms with Crippen molar-refractivity contribution >= 4 is 17.7 Å². The summed E-state index contributed by atoms with van der Waals surface area (Å²) in [5, 5.41) is 21.6. The summed E-state index contributed by atoms with van der Waals surface area (Å²) in [6.07, 6.45) is 4.44. The molecule has 2 aliphatic carbocycles. The maximum atomic E-state index is 13.3. The maximum Gasteiger partial charge on any atom is 0.316 e. The van der Waals surface area contributed by atoms with E-state index in [1.807, 2.05) is 0 Å². The van der Waals surface area contributed by atoms with Crippen molar-refractivity contribution in [3.05, 3.63) is 35.8 Å². The first-order chi connectivity index (χ1) is 12.7. The van der Waals surface area contributed by atoms with Crippen molar-refractivity contribution in [1.82, 2.24) is 0 Å². The fourth-order valence-electron chi connectivity index (χ4n) is 5.49. The van der Waals surface area contributed by atoms with Gasteiger partial charge in [0.1, 0.15) is 17.1 Å². The predicted octanol–water partition coefficient (Wildman–Crippen LogP) is 2.41. The lowest BCUT2D eigenvalue weighted by atomic mass is 9.44.